The summed E-state index contributed by atoms with van der Waals surface area (Å²) in [4.78, 5) is 1.84. The number of nitrogens with zero attached hydrogens (tertiary/aromatic N) is 2. The Labute approximate surface area is 176 Å². The molecule has 0 radical (unpaired) electrons. The highest BCUT2D eigenvalue weighted by Gasteiger charge is 2.22. The van der Waals surface area contributed by atoms with E-state index in [-0.39, 0.29) is 6.54 Å². The number of rotatable bonds is 7. The van der Waals surface area contributed by atoms with Gasteiger partial charge in [0, 0.05) is 25.3 Å². The maximum atomic E-state index is 12.5. The first-order valence-electron chi connectivity index (χ1n) is 9.62. The standard InChI is InChI=1S/C21H25N3O5S/c1-15(21(12-22)30(27,28)23-13-20(26)14-25)16-2-3-18-11-19(5-4-17(18)10-16)24-6-8-29-9-7-24/h2-5,10-11,20,23,25-26H,6-9,13-14H2,1H3. The normalized spacial score (nSPS) is 16.8. The monoisotopic (exact) mass is 431 g/mol. The van der Waals surface area contributed by atoms with Crippen LogP contribution in [0.2, 0.25) is 0 Å². The number of aliphatic hydroxyl groups is 2. The van der Waals surface area contributed by atoms with Gasteiger partial charge in [-0.05, 0) is 47.0 Å². The number of fused-ring (bicyclic) bond motifs is 1. The van der Waals surface area contributed by atoms with E-state index in [1.807, 2.05) is 24.3 Å². The van der Waals surface area contributed by atoms with Crippen LogP contribution in [0.1, 0.15) is 12.5 Å². The Morgan fingerprint density at radius 1 is 1.23 bits per heavy atom. The summed E-state index contributed by atoms with van der Waals surface area (Å²) in [5, 5.41) is 29.6. The summed E-state index contributed by atoms with van der Waals surface area (Å²) < 4.78 is 32.5. The summed E-state index contributed by atoms with van der Waals surface area (Å²) in [6.07, 6.45) is -1.23. The first-order chi connectivity index (χ1) is 14.4. The lowest BCUT2D eigenvalue weighted by molar-refractivity contribution is 0.0989. The molecule has 1 saturated heterocycles. The molecule has 30 heavy (non-hydrogen) atoms. The Balaban J connectivity index is 1.91. The van der Waals surface area contributed by atoms with Gasteiger partial charge in [0.25, 0.3) is 10.0 Å². The Hall–Kier alpha value is -2.48. The van der Waals surface area contributed by atoms with E-state index in [1.54, 1.807) is 19.1 Å². The molecule has 1 aliphatic rings. The summed E-state index contributed by atoms with van der Waals surface area (Å²) >= 11 is 0. The fourth-order valence-electron chi connectivity index (χ4n) is 3.30. The first-order valence-corrected chi connectivity index (χ1v) is 11.1. The van der Waals surface area contributed by atoms with Crippen molar-refractivity contribution in [3.05, 3.63) is 46.9 Å². The maximum absolute atomic E-state index is 12.5. The quantitative estimate of drug-likeness (QED) is 0.563. The number of benzene rings is 2. The van der Waals surface area contributed by atoms with Gasteiger partial charge < -0.3 is 19.8 Å². The van der Waals surface area contributed by atoms with Crippen molar-refractivity contribution in [3.63, 3.8) is 0 Å². The van der Waals surface area contributed by atoms with Crippen LogP contribution in [0.4, 0.5) is 5.69 Å². The third-order valence-corrected chi connectivity index (χ3v) is 6.55. The van der Waals surface area contributed by atoms with Crippen molar-refractivity contribution >= 4 is 32.1 Å². The molecule has 1 unspecified atom stereocenters. The SMILES string of the molecule is CC(=C(C#N)S(=O)(=O)NCC(O)CO)c1ccc2cc(N3CCOCC3)ccc2c1. The summed E-state index contributed by atoms with van der Waals surface area (Å²) in [6.45, 7) is 3.71. The molecule has 0 aromatic heterocycles. The summed E-state index contributed by atoms with van der Waals surface area (Å²) in [6, 6.07) is 13.4. The van der Waals surface area contributed by atoms with E-state index in [0.717, 1.165) is 29.5 Å². The number of nitrogens with one attached hydrogen (secondary N) is 1. The topological polar surface area (TPSA) is 123 Å². The first kappa shape index (κ1) is 22.2. The highest BCUT2D eigenvalue weighted by molar-refractivity contribution is 7.93. The molecule has 0 spiro atoms. The molecular weight excluding hydrogens is 406 g/mol. The van der Waals surface area contributed by atoms with Gasteiger partial charge >= 0.3 is 0 Å². The van der Waals surface area contributed by atoms with Crippen LogP contribution in [0.3, 0.4) is 0 Å². The van der Waals surface area contributed by atoms with Gasteiger partial charge in [-0.2, -0.15) is 5.26 Å². The third-order valence-electron chi connectivity index (χ3n) is 5.06. The predicted octanol–water partition coefficient (Wildman–Crippen LogP) is 1.20. The fraction of sp³-hybridized carbons (Fsp3) is 0.381. The highest BCUT2D eigenvalue weighted by atomic mass is 32.2. The number of allylic oxidation sites excluding steroid dienone is 2. The Morgan fingerprint density at radius 2 is 1.90 bits per heavy atom. The number of hydrogen-bond acceptors (Lipinski definition) is 7. The number of nitriles is 1. The van der Waals surface area contributed by atoms with Crippen LogP contribution < -0.4 is 9.62 Å². The molecule has 0 aliphatic carbocycles. The van der Waals surface area contributed by atoms with Crippen LogP contribution in [-0.2, 0) is 14.8 Å². The van der Waals surface area contributed by atoms with Crippen molar-refractivity contribution in [2.45, 2.75) is 13.0 Å². The number of ether oxygens (including phenoxy) is 1. The van der Waals surface area contributed by atoms with E-state index in [0.29, 0.717) is 24.4 Å². The molecule has 160 valence electrons. The van der Waals surface area contributed by atoms with Gasteiger partial charge in [-0.3, -0.25) is 0 Å². The molecule has 8 nitrogen and oxygen atoms in total. The van der Waals surface area contributed by atoms with E-state index < -0.39 is 27.6 Å². The van der Waals surface area contributed by atoms with Crippen LogP contribution in [0, 0.1) is 11.3 Å². The second-order valence-electron chi connectivity index (χ2n) is 7.10. The second-order valence-corrected chi connectivity index (χ2v) is 8.80. The average molecular weight is 432 g/mol. The van der Waals surface area contributed by atoms with Crippen molar-refractivity contribution < 1.29 is 23.4 Å². The molecule has 3 N–H and O–H groups in total. The molecular formula is C21H25N3O5S. The summed E-state index contributed by atoms with van der Waals surface area (Å²) in [5.41, 5.74) is 2.03. The van der Waals surface area contributed by atoms with E-state index in [2.05, 4.69) is 15.7 Å². The third kappa shape index (κ3) is 4.98. The number of morpholine rings is 1. The highest BCUT2D eigenvalue weighted by Crippen LogP contribution is 2.28. The van der Waals surface area contributed by atoms with Crippen LogP contribution in [0.15, 0.2) is 41.3 Å². The van der Waals surface area contributed by atoms with Gasteiger partial charge in [-0.1, -0.05) is 18.2 Å². The van der Waals surface area contributed by atoms with Crippen molar-refractivity contribution in [3.8, 4) is 6.07 Å². The van der Waals surface area contributed by atoms with E-state index >= 15 is 0 Å². The molecule has 1 aliphatic heterocycles. The Morgan fingerprint density at radius 3 is 2.57 bits per heavy atom. The van der Waals surface area contributed by atoms with Gasteiger partial charge in [-0.25, -0.2) is 13.1 Å². The molecule has 3 rings (SSSR count). The van der Waals surface area contributed by atoms with Crippen molar-refractivity contribution in [1.82, 2.24) is 4.72 Å². The van der Waals surface area contributed by atoms with Crippen LogP contribution in [0.25, 0.3) is 16.3 Å². The Bertz CT molecular complexity index is 1090. The zero-order valence-electron chi connectivity index (χ0n) is 16.7. The molecule has 9 heteroatoms. The van der Waals surface area contributed by atoms with E-state index in [9.17, 15) is 18.8 Å². The number of sulfonamides is 1. The lowest BCUT2D eigenvalue weighted by Gasteiger charge is -2.29. The van der Waals surface area contributed by atoms with Gasteiger partial charge in [0.1, 0.15) is 6.07 Å². The van der Waals surface area contributed by atoms with Gasteiger partial charge in [0.2, 0.25) is 0 Å². The average Bonchev–Trinajstić information content (AvgIpc) is 2.77. The number of hydrogen-bond donors (Lipinski definition) is 3. The zero-order valence-corrected chi connectivity index (χ0v) is 17.5. The van der Waals surface area contributed by atoms with Crippen LogP contribution >= 0.6 is 0 Å². The summed E-state index contributed by atoms with van der Waals surface area (Å²) in [5.74, 6) is 0. The molecule has 2 aromatic carbocycles. The zero-order chi connectivity index (χ0) is 21.7. The summed E-state index contributed by atoms with van der Waals surface area (Å²) in [7, 11) is -4.12. The van der Waals surface area contributed by atoms with Gasteiger partial charge in [-0.15, -0.1) is 0 Å². The van der Waals surface area contributed by atoms with Crippen molar-refractivity contribution in [1.29, 1.82) is 5.26 Å². The van der Waals surface area contributed by atoms with E-state index in [4.69, 9.17) is 9.84 Å². The van der Waals surface area contributed by atoms with Gasteiger partial charge in [0.05, 0.1) is 25.9 Å². The molecule has 0 saturated carbocycles. The van der Waals surface area contributed by atoms with Gasteiger partial charge in [0.15, 0.2) is 4.91 Å². The molecule has 0 bridgehead atoms. The number of aliphatic hydroxyl groups excluding tert-OH is 2. The largest absolute Gasteiger partial charge is 0.394 e. The Kier molecular flexibility index (Phi) is 7.07. The minimum absolute atomic E-state index is 0.308. The maximum Gasteiger partial charge on any atom is 0.251 e. The number of anilines is 1. The smallest absolute Gasteiger partial charge is 0.251 e. The van der Waals surface area contributed by atoms with Crippen molar-refractivity contribution in [2.75, 3.05) is 44.4 Å². The fourth-order valence-corrected chi connectivity index (χ4v) is 4.50. The minimum atomic E-state index is -4.12. The van der Waals surface area contributed by atoms with Crippen molar-refractivity contribution in [2.24, 2.45) is 0 Å². The molecule has 1 atom stereocenters. The molecule has 2 aromatic rings. The minimum Gasteiger partial charge on any atom is -0.394 e. The predicted molar refractivity (Wildman–Crippen MR) is 115 cm³/mol. The van der Waals surface area contributed by atoms with Crippen LogP contribution in [-0.4, -0.2) is 64.2 Å². The van der Waals surface area contributed by atoms with E-state index in [1.165, 1.54) is 0 Å². The lowest BCUT2D eigenvalue weighted by Crippen LogP contribution is -2.36. The van der Waals surface area contributed by atoms with Crippen LogP contribution in [0.5, 0.6) is 0 Å². The molecule has 0 amide bonds. The second kappa shape index (κ2) is 9.55. The molecule has 1 heterocycles. The molecule has 1 fully saturated rings. The lowest BCUT2D eigenvalue weighted by atomic mass is 10.0.